The van der Waals surface area contributed by atoms with E-state index in [4.69, 9.17) is 9.22 Å². The molecule has 0 bridgehead atoms. The molecule has 1 unspecified atom stereocenters. The first-order valence-electron chi connectivity index (χ1n) is 9.22. The molecule has 1 radical (unpaired) electrons. The summed E-state index contributed by atoms with van der Waals surface area (Å²) in [5.74, 6) is -0.0303. The Balaban J connectivity index is 0.00000117. The minimum atomic E-state index is -2.75. The molecule has 5 nitrogen and oxygen atoms in total. The van der Waals surface area contributed by atoms with Gasteiger partial charge in [-0.25, -0.2) is 0 Å². The molecule has 6 heteroatoms. The molecule has 0 aromatic heterocycles. The maximum Gasteiger partial charge on any atom is 0.187 e. The second kappa shape index (κ2) is 13.8. The number of nitrogens with one attached hydrogen (secondary N) is 2. The Morgan fingerprint density at radius 2 is 1.58 bits per heavy atom. The first-order chi connectivity index (χ1) is 13.2. The molecule has 0 heterocycles. The number of aliphatic hydroxyl groups is 1. The number of ketones is 2. The Hall–Kier alpha value is -2.41. The average molecular weight is 402 g/mol. The van der Waals surface area contributed by atoms with Crippen molar-refractivity contribution in [2.75, 3.05) is 13.6 Å². The van der Waals surface area contributed by atoms with Gasteiger partial charge in [-0.3, -0.25) is 9.59 Å². The van der Waals surface area contributed by atoms with Gasteiger partial charge in [-0.1, -0.05) is 30.4 Å². The van der Waals surface area contributed by atoms with Gasteiger partial charge in [0.25, 0.3) is 0 Å². The summed E-state index contributed by atoms with van der Waals surface area (Å²) < 4.78 is 17.5. The Morgan fingerprint density at radius 1 is 1.08 bits per heavy atom. The van der Waals surface area contributed by atoms with Crippen molar-refractivity contribution in [2.24, 2.45) is 0 Å². The molecule has 0 saturated carbocycles. The zero-order valence-electron chi connectivity index (χ0n) is 17.1. The fourth-order valence-electron chi connectivity index (χ4n) is 2.13. The third-order valence-corrected chi connectivity index (χ3v) is 3.39. The van der Waals surface area contributed by atoms with Crippen molar-refractivity contribution in [1.29, 1.82) is 0 Å². The van der Waals surface area contributed by atoms with Crippen molar-refractivity contribution < 1.29 is 35.6 Å². The van der Waals surface area contributed by atoms with Gasteiger partial charge in [0, 0.05) is 59.9 Å². The van der Waals surface area contributed by atoms with E-state index in [1.807, 2.05) is 18.2 Å². The van der Waals surface area contributed by atoms with Gasteiger partial charge in [0.15, 0.2) is 11.6 Å². The van der Waals surface area contributed by atoms with E-state index in [9.17, 15) is 9.59 Å². The second-order valence-electron chi connectivity index (χ2n) is 5.16. The Bertz CT molecular complexity index is 757. The normalized spacial score (nSPS) is 21.0. The molecule has 0 amide bonds. The maximum atomic E-state index is 11.7. The van der Waals surface area contributed by atoms with Crippen molar-refractivity contribution >= 4 is 11.6 Å². The molecule has 2 aliphatic carbocycles. The Morgan fingerprint density at radius 3 is 2.08 bits per heavy atom. The van der Waals surface area contributed by atoms with Crippen LogP contribution in [-0.2, 0) is 26.4 Å². The smallest absolute Gasteiger partial charge is 0.187 e. The molecule has 2 aliphatic rings. The van der Waals surface area contributed by atoms with E-state index in [0.29, 0.717) is 17.7 Å². The molecule has 0 aromatic rings. The summed E-state index contributed by atoms with van der Waals surface area (Å²) in [5, 5.41) is 13.9. The minimum absolute atomic E-state index is 0. The molecule has 1 atom stereocenters. The van der Waals surface area contributed by atoms with Crippen LogP contribution in [0.1, 0.15) is 10.5 Å². The Labute approximate surface area is 169 Å². The van der Waals surface area contributed by atoms with Gasteiger partial charge in [0.2, 0.25) is 0 Å². The Kier molecular flexibility index (Phi) is 9.78. The number of hydrogen-bond donors (Lipinski definition) is 3. The van der Waals surface area contributed by atoms with Gasteiger partial charge < -0.3 is 15.7 Å². The summed E-state index contributed by atoms with van der Waals surface area (Å²) in [6.07, 6.45) is 19.7. The van der Waals surface area contributed by atoms with Gasteiger partial charge in [-0.15, -0.1) is 6.58 Å². The number of carbonyl (C=O) groups excluding carboxylic acids is 2. The number of hydrogen-bond acceptors (Lipinski definition) is 5. The first-order valence-corrected chi connectivity index (χ1v) is 7.72. The van der Waals surface area contributed by atoms with Gasteiger partial charge in [-0.2, -0.15) is 0 Å². The standard InChI is InChI=1S/C19H20N2O2.CH4O.Co/c1-2-7-17(21-13-16-9-4-6-11-19(16)23)14-20-12-15-8-3-5-10-18(15)22;1-2;/h2-6,8-13,17,20-21H,1,7,14H2;2H,1H3;/b15-12-,16-13-;;/i;1D3;. The molecular formula is C20H24CoN2O3. The van der Waals surface area contributed by atoms with Crippen LogP contribution in [-0.4, -0.2) is 36.3 Å². The zero-order chi connectivity index (χ0) is 21.0. The SMILES string of the molecule is C=CCC(CN/C=C1/C=CC=CC1=O)N/C=C1/C=CC=CC1=O.[2H]C([2H])([2H])O.[Co]. The van der Waals surface area contributed by atoms with Crippen LogP contribution >= 0.6 is 0 Å². The summed E-state index contributed by atoms with van der Waals surface area (Å²) in [4.78, 5) is 23.3. The summed E-state index contributed by atoms with van der Waals surface area (Å²) in [6, 6.07) is 0.0715. The van der Waals surface area contributed by atoms with E-state index in [0.717, 1.165) is 6.42 Å². The van der Waals surface area contributed by atoms with Gasteiger partial charge in [0.1, 0.15) is 0 Å². The van der Waals surface area contributed by atoms with Gasteiger partial charge in [0.05, 0.1) is 4.11 Å². The topological polar surface area (TPSA) is 78.4 Å². The van der Waals surface area contributed by atoms with Crippen LogP contribution in [0.2, 0.25) is 0 Å². The molecule has 0 aromatic carbocycles. The summed E-state index contributed by atoms with van der Waals surface area (Å²) in [7, 11) is -2.75. The van der Waals surface area contributed by atoms with Crippen molar-refractivity contribution in [1.82, 2.24) is 10.6 Å². The number of carbonyl (C=O) groups is 2. The van der Waals surface area contributed by atoms with Crippen molar-refractivity contribution in [2.45, 2.75) is 12.5 Å². The third kappa shape index (κ3) is 8.11. The van der Waals surface area contributed by atoms with Crippen LogP contribution in [0.25, 0.3) is 0 Å². The molecule has 2 rings (SSSR count). The van der Waals surface area contributed by atoms with Crippen LogP contribution < -0.4 is 10.6 Å². The van der Waals surface area contributed by atoms with Gasteiger partial charge in [-0.05, 0) is 30.7 Å². The van der Waals surface area contributed by atoms with E-state index < -0.39 is 7.04 Å². The fourth-order valence-corrected chi connectivity index (χ4v) is 2.13. The first kappa shape index (κ1) is 18.4. The third-order valence-electron chi connectivity index (χ3n) is 3.39. The van der Waals surface area contributed by atoms with E-state index in [2.05, 4.69) is 17.2 Å². The van der Waals surface area contributed by atoms with Crippen molar-refractivity contribution in [3.05, 3.63) is 84.8 Å². The zero-order valence-corrected chi connectivity index (χ0v) is 15.2. The van der Waals surface area contributed by atoms with Crippen molar-refractivity contribution in [3.63, 3.8) is 0 Å². The molecule has 26 heavy (non-hydrogen) atoms. The summed E-state index contributed by atoms with van der Waals surface area (Å²) >= 11 is 0. The second-order valence-corrected chi connectivity index (χ2v) is 5.16. The predicted octanol–water partition coefficient (Wildman–Crippen LogP) is 1.87. The van der Waals surface area contributed by atoms with E-state index >= 15 is 0 Å². The largest absolute Gasteiger partial charge is 0.400 e. The quantitative estimate of drug-likeness (QED) is 0.448. The molecule has 3 N–H and O–H groups in total. The molecule has 0 aliphatic heterocycles. The van der Waals surface area contributed by atoms with Crippen molar-refractivity contribution in [3.8, 4) is 0 Å². The molecule has 0 spiro atoms. The monoisotopic (exact) mass is 402 g/mol. The van der Waals surface area contributed by atoms with Crippen LogP contribution in [0.4, 0.5) is 0 Å². The van der Waals surface area contributed by atoms with E-state index in [1.54, 1.807) is 36.7 Å². The predicted molar refractivity (Wildman–Crippen MR) is 101 cm³/mol. The average Bonchev–Trinajstić information content (AvgIpc) is 2.61. The molecule has 0 fully saturated rings. The number of rotatable bonds is 7. The van der Waals surface area contributed by atoms with E-state index in [-0.39, 0.29) is 34.4 Å². The summed E-state index contributed by atoms with van der Waals surface area (Å²) in [6.45, 7) is 4.36. The fraction of sp³-hybridized carbons (Fsp3) is 0.200. The minimum Gasteiger partial charge on any atom is -0.400 e. The molecular weight excluding hydrogens is 375 g/mol. The van der Waals surface area contributed by atoms with Crippen LogP contribution in [0.15, 0.2) is 84.8 Å². The van der Waals surface area contributed by atoms with E-state index in [1.165, 1.54) is 12.2 Å². The van der Waals surface area contributed by atoms with Crippen LogP contribution in [0, 0.1) is 0 Å². The number of allylic oxidation sites excluding steroid dienone is 10. The molecule has 141 valence electrons. The van der Waals surface area contributed by atoms with Crippen LogP contribution in [0.3, 0.4) is 0 Å². The van der Waals surface area contributed by atoms with Crippen LogP contribution in [0.5, 0.6) is 0 Å². The summed E-state index contributed by atoms with van der Waals surface area (Å²) in [5.41, 5.74) is 1.24. The van der Waals surface area contributed by atoms with Gasteiger partial charge >= 0.3 is 0 Å². The maximum absolute atomic E-state index is 11.7. The molecule has 0 saturated heterocycles.